The van der Waals surface area contributed by atoms with E-state index >= 15 is 4.79 Å². The first-order valence-electron chi connectivity index (χ1n) is 19.1. The van der Waals surface area contributed by atoms with Gasteiger partial charge in [0.05, 0.1) is 36.6 Å². The average Bonchev–Trinajstić information content (AvgIpc) is 3.68. The molecule has 0 aliphatic carbocycles. The molecule has 1 aromatic rings. The van der Waals surface area contributed by atoms with E-state index in [2.05, 4.69) is 49.9 Å². The molecule has 3 fully saturated rings. The second-order valence-electron chi connectivity index (χ2n) is 17.5. The minimum Gasteiger partial charge on any atom is -0.455 e. The van der Waals surface area contributed by atoms with Gasteiger partial charge in [-0.05, 0) is 63.4 Å². The molecule has 0 aromatic heterocycles. The summed E-state index contributed by atoms with van der Waals surface area (Å²) in [5.74, 6) is -3.35. The van der Waals surface area contributed by atoms with Gasteiger partial charge >= 0.3 is 5.97 Å². The van der Waals surface area contributed by atoms with Gasteiger partial charge in [-0.1, -0.05) is 93.0 Å². The maximum atomic E-state index is 15.3. The second-order valence-corrected chi connectivity index (χ2v) is 18.7. The first kappa shape index (κ1) is 42.7. The van der Waals surface area contributed by atoms with Crippen LogP contribution in [0.2, 0.25) is 0 Å². The zero-order chi connectivity index (χ0) is 39.6. The summed E-state index contributed by atoms with van der Waals surface area (Å²) in [6.45, 7) is 23.9. The summed E-state index contributed by atoms with van der Waals surface area (Å²) < 4.78 is 13.3. The first-order valence-corrected chi connectivity index (χ1v) is 20.0. The number of alkyl halides is 1. The number of likely N-dealkylation sites (tertiary alicyclic amines) is 1. The van der Waals surface area contributed by atoms with Gasteiger partial charge in [-0.25, -0.2) is 0 Å². The third-order valence-electron chi connectivity index (χ3n) is 11.2. The molecule has 9 atom stereocenters. The molecule has 11 heteroatoms. The van der Waals surface area contributed by atoms with Crippen LogP contribution >= 0.6 is 15.9 Å². The molecule has 0 radical (unpaired) electrons. The lowest BCUT2D eigenvalue weighted by Crippen LogP contribution is -2.62. The summed E-state index contributed by atoms with van der Waals surface area (Å²) in [6.07, 6.45) is 4.05. The van der Waals surface area contributed by atoms with Crippen molar-refractivity contribution in [2.45, 2.75) is 134 Å². The number of benzene rings is 1. The Labute approximate surface area is 325 Å². The second kappa shape index (κ2) is 16.8. The van der Waals surface area contributed by atoms with E-state index in [1.807, 2.05) is 65.0 Å². The molecule has 294 valence electrons. The number of aliphatic hydroxyl groups excluding tert-OH is 1. The van der Waals surface area contributed by atoms with Crippen molar-refractivity contribution >= 4 is 39.6 Å². The van der Waals surface area contributed by atoms with E-state index in [0.29, 0.717) is 31.2 Å². The average molecular weight is 801 g/mol. The maximum absolute atomic E-state index is 15.3. The number of amides is 3. The molecule has 0 saturated carbocycles. The molecule has 3 heterocycles. The zero-order valence-electron chi connectivity index (χ0n) is 33.2. The van der Waals surface area contributed by atoms with Crippen LogP contribution in [0.5, 0.6) is 0 Å². The highest BCUT2D eigenvalue weighted by Gasteiger charge is 2.78. The smallest absolute Gasteiger partial charge is 0.313 e. The van der Waals surface area contributed by atoms with Gasteiger partial charge in [0.2, 0.25) is 17.7 Å². The fourth-order valence-corrected chi connectivity index (χ4v) is 10.2. The molecule has 1 N–H and O–H groups in total. The Kier molecular flexibility index (Phi) is 13.5. The molecule has 2 bridgehead atoms. The standard InChI is InChI=1S/C42H62BrN3O7/c1-12-14-20-31(48)44(11)27(5)34(28-18-16-15-17-19-28)52-39(51)32-33-37(49)46(29(24-47)22-26(3)4)36(42(33)23-30(43)35(32)53-42)38(50)45(21-13-2)41(9,10)25-40(6,7)8/h12-13,15-19,26-27,29-30,32-36,47H,1-2,14,20-25H2,3-11H3/t27-,29-,30?,32+,33-,34+,35+,36+,42-/m1/s1. The van der Waals surface area contributed by atoms with Crippen LogP contribution in [0.15, 0.2) is 55.6 Å². The number of fused-ring (bicyclic) bond motifs is 1. The van der Waals surface area contributed by atoms with Gasteiger partial charge in [-0.3, -0.25) is 19.2 Å². The van der Waals surface area contributed by atoms with Crippen LogP contribution in [0, 0.1) is 23.2 Å². The number of nitrogens with zero attached hydrogens (tertiary/aromatic N) is 3. The van der Waals surface area contributed by atoms with E-state index in [-0.39, 0.29) is 53.5 Å². The highest BCUT2D eigenvalue weighted by atomic mass is 79.9. The third kappa shape index (κ3) is 8.62. The molecule has 3 aliphatic heterocycles. The highest BCUT2D eigenvalue weighted by Crippen LogP contribution is 2.61. The SMILES string of the molecule is C=CCCC(=O)N(C)[C@H](C)[C@H](OC(=O)[C@@H]1[C@H]2O[C@@]3(CC2Br)[C@H](C(=O)N(CC=C)C(C)(C)CC(C)(C)C)N([C@@H](CO)CC(C)C)C(=O)[C@@H]13)c1ccccc1. The van der Waals surface area contributed by atoms with E-state index < -0.39 is 59.3 Å². The lowest BCUT2D eigenvalue weighted by atomic mass is 9.70. The number of carbonyl (C=O) groups excluding carboxylic acids is 4. The van der Waals surface area contributed by atoms with Crippen molar-refractivity contribution in [2.75, 3.05) is 20.2 Å². The normalized spacial score (nSPS) is 26.9. The summed E-state index contributed by atoms with van der Waals surface area (Å²) >= 11 is 3.79. The van der Waals surface area contributed by atoms with Crippen molar-refractivity contribution < 1.29 is 33.8 Å². The van der Waals surface area contributed by atoms with E-state index in [0.717, 1.165) is 0 Å². The molecular formula is C42H62BrN3O7. The van der Waals surface area contributed by atoms with E-state index in [1.54, 1.807) is 33.9 Å². The highest BCUT2D eigenvalue weighted by molar-refractivity contribution is 9.09. The van der Waals surface area contributed by atoms with Gasteiger partial charge in [0, 0.05) is 30.4 Å². The quantitative estimate of drug-likeness (QED) is 0.109. The number of carbonyl (C=O) groups is 4. The summed E-state index contributed by atoms with van der Waals surface area (Å²) in [5, 5.41) is 10.8. The molecular weight excluding hydrogens is 738 g/mol. The fourth-order valence-electron chi connectivity index (χ4n) is 9.26. The maximum Gasteiger partial charge on any atom is 0.313 e. The van der Waals surface area contributed by atoms with Crippen LogP contribution in [-0.4, -0.2) is 104 Å². The van der Waals surface area contributed by atoms with Gasteiger partial charge in [0.15, 0.2) is 0 Å². The number of hydrogen-bond donors (Lipinski definition) is 1. The number of hydrogen-bond acceptors (Lipinski definition) is 7. The van der Waals surface area contributed by atoms with Crippen LogP contribution in [0.25, 0.3) is 0 Å². The van der Waals surface area contributed by atoms with Crippen LogP contribution in [-0.2, 0) is 28.7 Å². The Morgan fingerprint density at radius 2 is 1.75 bits per heavy atom. The van der Waals surface area contributed by atoms with Crippen molar-refractivity contribution in [3.8, 4) is 0 Å². The Hall–Kier alpha value is -3.02. The Morgan fingerprint density at radius 3 is 2.30 bits per heavy atom. The fraction of sp³-hybridized carbons (Fsp3) is 0.667. The van der Waals surface area contributed by atoms with Crippen LogP contribution in [0.1, 0.15) is 99.2 Å². The number of ether oxygens (including phenoxy) is 2. The molecule has 1 aromatic carbocycles. The summed E-state index contributed by atoms with van der Waals surface area (Å²) in [7, 11) is 1.69. The van der Waals surface area contributed by atoms with Gasteiger partial charge in [0.25, 0.3) is 0 Å². The molecule has 1 unspecified atom stereocenters. The molecule has 4 rings (SSSR count). The predicted octanol–water partition coefficient (Wildman–Crippen LogP) is 6.47. The summed E-state index contributed by atoms with van der Waals surface area (Å²) in [6, 6.07) is 6.96. The molecule has 3 saturated heterocycles. The zero-order valence-corrected chi connectivity index (χ0v) is 34.8. The van der Waals surface area contributed by atoms with Crippen molar-refractivity contribution in [3.63, 3.8) is 0 Å². The summed E-state index contributed by atoms with van der Waals surface area (Å²) in [5.41, 5.74) is -1.38. The monoisotopic (exact) mass is 799 g/mol. The van der Waals surface area contributed by atoms with Crippen molar-refractivity contribution in [1.29, 1.82) is 0 Å². The lowest BCUT2D eigenvalue weighted by Gasteiger charge is -2.46. The number of halogens is 1. The van der Waals surface area contributed by atoms with Crippen molar-refractivity contribution in [1.82, 2.24) is 14.7 Å². The van der Waals surface area contributed by atoms with Gasteiger partial charge in [-0.15, -0.1) is 13.2 Å². The molecule has 10 nitrogen and oxygen atoms in total. The molecule has 53 heavy (non-hydrogen) atoms. The number of likely N-dealkylation sites (N-methyl/N-ethyl adjacent to an activating group) is 1. The molecule has 3 amide bonds. The topological polar surface area (TPSA) is 117 Å². The van der Waals surface area contributed by atoms with E-state index in [9.17, 15) is 19.5 Å². The minimum atomic E-state index is -1.34. The number of allylic oxidation sites excluding steroid dienone is 1. The number of aliphatic hydroxyl groups is 1. The van der Waals surface area contributed by atoms with Gasteiger partial charge < -0.3 is 29.3 Å². The van der Waals surface area contributed by atoms with Crippen molar-refractivity contribution in [2.24, 2.45) is 23.2 Å². The Morgan fingerprint density at radius 1 is 1.11 bits per heavy atom. The predicted molar refractivity (Wildman–Crippen MR) is 210 cm³/mol. The molecule has 1 spiro atoms. The van der Waals surface area contributed by atoms with Crippen LogP contribution < -0.4 is 0 Å². The number of esters is 1. The van der Waals surface area contributed by atoms with Crippen molar-refractivity contribution in [3.05, 3.63) is 61.2 Å². The molecule has 3 aliphatic rings. The Bertz CT molecular complexity index is 1510. The Balaban J connectivity index is 1.80. The third-order valence-corrected chi connectivity index (χ3v) is 12.1. The minimum absolute atomic E-state index is 0.108. The summed E-state index contributed by atoms with van der Waals surface area (Å²) in [4.78, 5) is 62.6. The lowest BCUT2D eigenvalue weighted by molar-refractivity contribution is -0.165. The van der Waals surface area contributed by atoms with E-state index in [1.165, 1.54) is 0 Å². The van der Waals surface area contributed by atoms with Crippen LogP contribution in [0.3, 0.4) is 0 Å². The van der Waals surface area contributed by atoms with Gasteiger partial charge in [0.1, 0.15) is 17.7 Å². The van der Waals surface area contributed by atoms with Gasteiger partial charge in [-0.2, -0.15) is 0 Å². The number of rotatable bonds is 17. The largest absolute Gasteiger partial charge is 0.455 e. The van der Waals surface area contributed by atoms with Crippen LogP contribution in [0.4, 0.5) is 0 Å². The first-order chi connectivity index (χ1) is 24.8. The van der Waals surface area contributed by atoms with E-state index in [4.69, 9.17) is 9.47 Å².